The van der Waals surface area contributed by atoms with Gasteiger partial charge < -0.3 is 14.8 Å². The Hall–Kier alpha value is -3.23. The molecule has 1 N–H and O–H groups in total. The van der Waals surface area contributed by atoms with Gasteiger partial charge in [0.15, 0.2) is 0 Å². The Balaban J connectivity index is 1.70. The molecular weight excluding hydrogens is 376 g/mol. The maximum Gasteiger partial charge on any atom is 0.234 e. The molecule has 0 aliphatic rings. The fourth-order valence-corrected chi connectivity index (χ4v) is 3.01. The van der Waals surface area contributed by atoms with Crippen molar-refractivity contribution in [1.29, 1.82) is 5.26 Å². The van der Waals surface area contributed by atoms with Crippen LogP contribution < -0.4 is 14.8 Å². The zero-order valence-electron chi connectivity index (χ0n) is 15.2. The third kappa shape index (κ3) is 4.93. The monoisotopic (exact) mass is 394 g/mol. The highest BCUT2D eigenvalue weighted by molar-refractivity contribution is 6.32. The van der Waals surface area contributed by atoms with Crippen LogP contribution in [0.4, 0.5) is 0 Å². The largest absolute Gasteiger partial charge is 0.490 e. The standard InChI is InChI=1S/C22H19ClN2O3/c23-19-7-3-4-8-21(19)28-14-13-27-20-10-9-16-5-1-2-6-17(16)18(20)15-25-22(26)11-12-24/h1-10H,11,13-15H2,(H,25,26). The summed E-state index contributed by atoms with van der Waals surface area (Å²) in [5, 5.41) is 14.0. The van der Waals surface area contributed by atoms with Crippen LogP contribution in [0.15, 0.2) is 60.7 Å². The van der Waals surface area contributed by atoms with Gasteiger partial charge in [-0.15, -0.1) is 0 Å². The van der Waals surface area contributed by atoms with Crippen molar-refractivity contribution in [1.82, 2.24) is 5.32 Å². The molecule has 3 aromatic carbocycles. The summed E-state index contributed by atoms with van der Waals surface area (Å²) >= 11 is 6.08. The SMILES string of the molecule is N#CCC(=O)NCc1c(OCCOc2ccccc2Cl)ccc2ccccc12. The molecule has 0 atom stereocenters. The van der Waals surface area contributed by atoms with Crippen LogP contribution >= 0.6 is 11.6 Å². The number of nitrogens with zero attached hydrogens (tertiary/aromatic N) is 1. The quantitative estimate of drug-likeness (QED) is 0.572. The molecule has 0 unspecified atom stereocenters. The maximum atomic E-state index is 11.7. The summed E-state index contributed by atoms with van der Waals surface area (Å²) in [4.78, 5) is 11.7. The number of hydrogen-bond donors (Lipinski definition) is 1. The topological polar surface area (TPSA) is 71.4 Å². The summed E-state index contributed by atoms with van der Waals surface area (Å²) in [6, 6.07) is 20.8. The number of fused-ring (bicyclic) bond motifs is 1. The summed E-state index contributed by atoms with van der Waals surface area (Å²) in [7, 11) is 0. The predicted octanol–water partition coefficient (Wildman–Crippen LogP) is 4.48. The van der Waals surface area contributed by atoms with Gasteiger partial charge in [-0.25, -0.2) is 0 Å². The van der Waals surface area contributed by atoms with E-state index in [1.165, 1.54) is 0 Å². The molecule has 1 amide bonds. The van der Waals surface area contributed by atoms with Crippen LogP contribution in [0.3, 0.4) is 0 Å². The minimum absolute atomic E-state index is 0.174. The van der Waals surface area contributed by atoms with Crippen molar-refractivity contribution in [3.63, 3.8) is 0 Å². The molecule has 3 rings (SSSR count). The van der Waals surface area contributed by atoms with Crippen LogP contribution in [0, 0.1) is 11.3 Å². The predicted molar refractivity (Wildman–Crippen MR) is 108 cm³/mol. The lowest BCUT2D eigenvalue weighted by Gasteiger charge is -2.15. The van der Waals surface area contributed by atoms with Crippen LogP contribution in [0.1, 0.15) is 12.0 Å². The summed E-state index contributed by atoms with van der Waals surface area (Å²) in [6.45, 7) is 0.933. The number of carbonyl (C=O) groups is 1. The van der Waals surface area contributed by atoms with Crippen molar-refractivity contribution in [2.75, 3.05) is 13.2 Å². The van der Waals surface area contributed by atoms with Gasteiger partial charge in [0.2, 0.25) is 5.91 Å². The zero-order chi connectivity index (χ0) is 19.8. The first-order chi connectivity index (χ1) is 13.7. The average molecular weight is 395 g/mol. The first-order valence-electron chi connectivity index (χ1n) is 8.83. The fraction of sp³-hybridized carbons (Fsp3) is 0.182. The number of nitriles is 1. The molecule has 0 aliphatic carbocycles. The van der Waals surface area contributed by atoms with Crippen LogP contribution in [0.2, 0.25) is 5.02 Å². The number of halogens is 1. The first kappa shape index (κ1) is 19.5. The molecule has 142 valence electrons. The second-order valence-corrected chi connectivity index (χ2v) is 6.41. The zero-order valence-corrected chi connectivity index (χ0v) is 15.9. The van der Waals surface area contributed by atoms with Crippen molar-refractivity contribution in [3.05, 3.63) is 71.2 Å². The molecule has 0 aromatic heterocycles. The van der Waals surface area contributed by atoms with E-state index in [-0.39, 0.29) is 18.9 Å². The van der Waals surface area contributed by atoms with Gasteiger partial charge in [-0.2, -0.15) is 5.26 Å². The Morgan fingerprint density at radius 3 is 2.46 bits per heavy atom. The van der Waals surface area contributed by atoms with E-state index >= 15 is 0 Å². The Kier molecular flexibility index (Phi) is 6.72. The molecule has 0 radical (unpaired) electrons. The third-order valence-electron chi connectivity index (χ3n) is 4.13. The number of ether oxygens (including phenoxy) is 2. The molecule has 3 aromatic rings. The van der Waals surface area contributed by atoms with Gasteiger partial charge in [0.05, 0.1) is 11.1 Å². The molecule has 0 fully saturated rings. The second kappa shape index (κ2) is 9.63. The Bertz CT molecular complexity index is 1010. The molecule has 6 heteroatoms. The minimum atomic E-state index is -0.316. The van der Waals surface area contributed by atoms with Crippen LogP contribution in [0.5, 0.6) is 11.5 Å². The minimum Gasteiger partial charge on any atom is -0.490 e. The Morgan fingerprint density at radius 1 is 0.964 bits per heavy atom. The van der Waals surface area contributed by atoms with Crippen LogP contribution in [0.25, 0.3) is 10.8 Å². The molecule has 5 nitrogen and oxygen atoms in total. The molecule has 0 spiro atoms. The lowest BCUT2D eigenvalue weighted by atomic mass is 10.0. The normalized spacial score (nSPS) is 10.3. The van der Waals surface area contributed by atoms with E-state index < -0.39 is 0 Å². The summed E-state index contributed by atoms with van der Waals surface area (Å²) in [5.74, 6) is 0.956. The van der Waals surface area contributed by atoms with Crippen molar-refractivity contribution in [2.24, 2.45) is 0 Å². The van der Waals surface area contributed by atoms with E-state index in [1.54, 1.807) is 12.1 Å². The Morgan fingerprint density at radius 2 is 1.68 bits per heavy atom. The van der Waals surface area contributed by atoms with Crippen molar-refractivity contribution in [3.8, 4) is 17.6 Å². The summed E-state index contributed by atoms with van der Waals surface area (Å²) in [5.41, 5.74) is 0.863. The smallest absolute Gasteiger partial charge is 0.234 e. The molecular formula is C22H19ClN2O3. The number of nitrogens with one attached hydrogen (secondary N) is 1. The highest BCUT2D eigenvalue weighted by Crippen LogP contribution is 2.28. The van der Waals surface area contributed by atoms with E-state index in [2.05, 4.69) is 5.32 Å². The van der Waals surface area contributed by atoms with Gasteiger partial charge in [-0.1, -0.05) is 54.1 Å². The number of benzene rings is 3. The van der Waals surface area contributed by atoms with Crippen LogP contribution in [-0.2, 0) is 11.3 Å². The van der Waals surface area contributed by atoms with E-state index in [1.807, 2.05) is 54.6 Å². The average Bonchev–Trinajstić information content (AvgIpc) is 2.71. The second-order valence-electron chi connectivity index (χ2n) is 6.00. The van der Waals surface area contributed by atoms with Crippen molar-refractivity contribution >= 4 is 28.3 Å². The van der Waals surface area contributed by atoms with Gasteiger partial charge >= 0.3 is 0 Å². The van der Waals surface area contributed by atoms with Crippen LogP contribution in [-0.4, -0.2) is 19.1 Å². The molecule has 28 heavy (non-hydrogen) atoms. The van der Waals surface area contributed by atoms with E-state index in [0.717, 1.165) is 16.3 Å². The van der Waals surface area contributed by atoms with Gasteiger partial charge in [0.25, 0.3) is 0 Å². The maximum absolute atomic E-state index is 11.7. The highest BCUT2D eigenvalue weighted by Gasteiger charge is 2.11. The molecule has 0 heterocycles. The van der Waals surface area contributed by atoms with Gasteiger partial charge in [-0.3, -0.25) is 4.79 Å². The first-order valence-corrected chi connectivity index (χ1v) is 9.21. The number of carbonyl (C=O) groups excluding carboxylic acids is 1. The lowest BCUT2D eigenvalue weighted by Crippen LogP contribution is -2.22. The molecule has 0 saturated heterocycles. The highest BCUT2D eigenvalue weighted by atomic mass is 35.5. The molecule has 0 aliphatic heterocycles. The van der Waals surface area contributed by atoms with Gasteiger partial charge in [-0.05, 0) is 29.0 Å². The number of hydrogen-bond acceptors (Lipinski definition) is 4. The van der Waals surface area contributed by atoms with E-state index in [0.29, 0.717) is 29.7 Å². The fourth-order valence-electron chi connectivity index (χ4n) is 2.82. The number of amides is 1. The molecule has 0 saturated carbocycles. The molecule has 0 bridgehead atoms. The Labute approximate surface area is 168 Å². The number of para-hydroxylation sites is 1. The van der Waals surface area contributed by atoms with E-state index in [4.69, 9.17) is 26.3 Å². The summed E-state index contributed by atoms with van der Waals surface area (Å²) < 4.78 is 11.6. The van der Waals surface area contributed by atoms with E-state index in [9.17, 15) is 4.79 Å². The van der Waals surface area contributed by atoms with Crippen molar-refractivity contribution < 1.29 is 14.3 Å². The van der Waals surface area contributed by atoms with Crippen molar-refractivity contribution in [2.45, 2.75) is 13.0 Å². The lowest BCUT2D eigenvalue weighted by molar-refractivity contribution is -0.120. The number of rotatable bonds is 8. The third-order valence-corrected chi connectivity index (χ3v) is 4.45. The van der Waals surface area contributed by atoms with Gasteiger partial charge in [0.1, 0.15) is 31.1 Å². The van der Waals surface area contributed by atoms with Gasteiger partial charge in [0, 0.05) is 12.1 Å². The summed E-state index contributed by atoms with van der Waals surface area (Å²) in [6.07, 6.45) is -0.174.